The van der Waals surface area contributed by atoms with Crippen LogP contribution in [0.1, 0.15) is 83.5 Å². The molecule has 198 valence electrons. The maximum atomic E-state index is 12.1. The standard InChI is InChI=1S/C25H40N2O8/c1-2-22(28)34-17-35-23(29)6-4-3-5-15-33-25(32)27-21-13-9-19(10-14-21)16-18-7-11-20(12-8-18)26-24(30)31/h2,18-21,26H,1,3-17H2,(H,27,32)(H,30,31). The minimum Gasteiger partial charge on any atom is -0.465 e. The van der Waals surface area contributed by atoms with Crippen LogP contribution in [0, 0.1) is 11.8 Å². The maximum absolute atomic E-state index is 12.1. The van der Waals surface area contributed by atoms with Gasteiger partial charge in [-0.3, -0.25) is 4.79 Å². The molecule has 2 aliphatic carbocycles. The molecule has 0 unspecified atom stereocenters. The van der Waals surface area contributed by atoms with Crippen molar-refractivity contribution >= 4 is 24.1 Å². The first-order valence-corrected chi connectivity index (χ1v) is 12.7. The van der Waals surface area contributed by atoms with Crippen LogP contribution in [0.15, 0.2) is 12.7 Å². The average Bonchev–Trinajstić information content (AvgIpc) is 2.83. The number of alkyl carbamates (subject to hydrolysis) is 1. The number of ether oxygens (including phenoxy) is 3. The van der Waals surface area contributed by atoms with Crippen molar-refractivity contribution in [2.24, 2.45) is 11.8 Å². The third-order valence-corrected chi connectivity index (χ3v) is 6.86. The summed E-state index contributed by atoms with van der Waals surface area (Å²) in [6, 6.07) is 0.256. The second-order valence-corrected chi connectivity index (χ2v) is 9.51. The highest BCUT2D eigenvalue weighted by Crippen LogP contribution is 2.35. The van der Waals surface area contributed by atoms with Gasteiger partial charge in [0.15, 0.2) is 0 Å². The molecular weight excluding hydrogens is 456 g/mol. The van der Waals surface area contributed by atoms with Gasteiger partial charge in [-0.25, -0.2) is 14.4 Å². The normalized spacial score (nSPS) is 24.0. The molecule has 2 saturated carbocycles. The number of amides is 2. The zero-order chi connectivity index (χ0) is 25.5. The van der Waals surface area contributed by atoms with Crippen LogP contribution in [0.25, 0.3) is 0 Å². The smallest absolute Gasteiger partial charge is 0.407 e. The summed E-state index contributed by atoms with van der Waals surface area (Å²) in [5, 5.41) is 14.4. The van der Waals surface area contributed by atoms with E-state index in [4.69, 9.17) is 14.6 Å². The molecule has 3 N–H and O–H groups in total. The Bertz CT molecular complexity index is 698. The lowest BCUT2D eigenvalue weighted by Crippen LogP contribution is -2.39. The highest BCUT2D eigenvalue weighted by molar-refractivity contribution is 5.81. The van der Waals surface area contributed by atoms with Gasteiger partial charge in [0.05, 0.1) is 6.61 Å². The molecule has 0 aromatic rings. The monoisotopic (exact) mass is 496 g/mol. The molecule has 10 nitrogen and oxygen atoms in total. The fraction of sp³-hybridized carbons (Fsp3) is 0.760. The molecule has 2 aliphatic rings. The van der Waals surface area contributed by atoms with Crippen molar-refractivity contribution in [3.63, 3.8) is 0 Å². The van der Waals surface area contributed by atoms with Crippen LogP contribution in [0.5, 0.6) is 0 Å². The summed E-state index contributed by atoms with van der Waals surface area (Å²) < 4.78 is 14.6. The highest BCUT2D eigenvalue weighted by atomic mass is 16.7. The van der Waals surface area contributed by atoms with Gasteiger partial charge < -0.3 is 30.0 Å². The molecular formula is C25H40N2O8. The Balaban J connectivity index is 1.45. The first-order valence-electron chi connectivity index (χ1n) is 12.7. The van der Waals surface area contributed by atoms with E-state index in [1.807, 2.05) is 0 Å². The molecule has 2 amide bonds. The average molecular weight is 497 g/mol. The zero-order valence-electron chi connectivity index (χ0n) is 20.5. The van der Waals surface area contributed by atoms with Gasteiger partial charge in [-0.15, -0.1) is 0 Å². The predicted octanol–water partition coefficient (Wildman–Crippen LogP) is 4.28. The molecule has 0 radical (unpaired) electrons. The molecule has 2 fully saturated rings. The van der Waals surface area contributed by atoms with Gasteiger partial charge in [0.1, 0.15) is 0 Å². The number of hydrogen-bond donors (Lipinski definition) is 3. The maximum Gasteiger partial charge on any atom is 0.407 e. The van der Waals surface area contributed by atoms with Crippen LogP contribution in [0.4, 0.5) is 9.59 Å². The number of nitrogens with one attached hydrogen (secondary N) is 2. The molecule has 10 heteroatoms. The predicted molar refractivity (Wildman–Crippen MR) is 127 cm³/mol. The van der Waals surface area contributed by atoms with E-state index in [-0.39, 0.29) is 24.6 Å². The van der Waals surface area contributed by atoms with Crippen molar-refractivity contribution in [3.05, 3.63) is 12.7 Å². The number of esters is 2. The lowest BCUT2D eigenvalue weighted by atomic mass is 9.76. The Morgan fingerprint density at radius 3 is 1.97 bits per heavy atom. The van der Waals surface area contributed by atoms with E-state index >= 15 is 0 Å². The lowest BCUT2D eigenvalue weighted by molar-refractivity contribution is -0.164. The van der Waals surface area contributed by atoms with Crippen molar-refractivity contribution in [1.82, 2.24) is 10.6 Å². The lowest BCUT2D eigenvalue weighted by Gasteiger charge is -2.34. The molecule has 0 bridgehead atoms. The highest BCUT2D eigenvalue weighted by Gasteiger charge is 2.28. The number of carbonyl (C=O) groups excluding carboxylic acids is 3. The van der Waals surface area contributed by atoms with Crippen LogP contribution in [-0.4, -0.2) is 54.7 Å². The van der Waals surface area contributed by atoms with Crippen molar-refractivity contribution in [3.8, 4) is 0 Å². The Kier molecular flexibility index (Phi) is 13.0. The SMILES string of the molecule is C=CC(=O)OCOC(=O)CCCCCOC(=O)NC1CCC(CC2CCC(NC(=O)O)CC2)CC1. The van der Waals surface area contributed by atoms with E-state index < -0.39 is 24.8 Å². The third-order valence-electron chi connectivity index (χ3n) is 6.86. The zero-order valence-corrected chi connectivity index (χ0v) is 20.5. The number of rotatable bonds is 13. The van der Waals surface area contributed by atoms with Gasteiger partial charge in [0.25, 0.3) is 0 Å². The number of carboxylic acid groups (broad SMARTS) is 1. The minimum absolute atomic E-state index is 0.104. The van der Waals surface area contributed by atoms with Crippen LogP contribution < -0.4 is 10.6 Å². The van der Waals surface area contributed by atoms with E-state index in [1.165, 1.54) is 6.42 Å². The summed E-state index contributed by atoms with van der Waals surface area (Å²) in [6.45, 7) is 3.13. The Hall–Kier alpha value is -2.78. The number of carbonyl (C=O) groups is 4. The van der Waals surface area contributed by atoms with E-state index in [9.17, 15) is 19.2 Å². The second kappa shape index (κ2) is 16.0. The van der Waals surface area contributed by atoms with Gasteiger partial charge >= 0.3 is 24.1 Å². The third kappa shape index (κ3) is 12.5. The molecule has 0 spiro atoms. The van der Waals surface area contributed by atoms with Crippen LogP contribution in [0.3, 0.4) is 0 Å². The molecule has 0 aromatic carbocycles. The van der Waals surface area contributed by atoms with Crippen molar-refractivity contribution < 1.29 is 38.5 Å². The van der Waals surface area contributed by atoms with Gasteiger partial charge in [0.2, 0.25) is 6.79 Å². The molecule has 0 aliphatic heterocycles. The Labute approximate surface area is 207 Å². The summed E-state index contributed by atoms with van der Waals surface area (Å²) >= 11 is 0. The Morgan fingerprint density at radius 1 is 0.800 bits per heavy atom. The van der Waals surface area contributed by atoms with E-state index in [1.54, 1.807) is 0 Å². The second-order valence-electron chi connectivity index (χ2n) is 9.51. The van der Waals surface area contributed by atoms with Crippen molar-refractivity contribution in [2.45, 2.75) is 95.6 Å². The first-order chi connectivity index (χ1) is 16.9. The van der Waals surface area contributed by atoms with Gasteiger partial charge in [-0.2, -0.15) is 0 Å². The number of unbranched alkanes of at least 4 members (excludes halogenated alkanes) is 2. The summed E-state index contributed by atoms with van der Waals surface area (Å²) in [5.41, 5.74) is 0. The molecule has 0 atom stereocenters. The molecule has 0 heterocycles. The van der Waals surface area contributed by atoms with E-state index in [0.29, 0.717) is 37.7 Å². The minimum atomic E-state index is -0.929. The van der Waals surface area contributed by atoms with E-state index in [2.05, 4.69) is 21.9 Å². The molecule has 0 aromatic heterocycles. The summed E-state index contributed by atoms with van der Waals surface area (Å²) in [5.74, 6) is 0.267. The topological polar surface area (TPSA) is 140 Å². The summed E-state index contributed by atoms with van der Waals surface area (Å²) in [7, 11) is 0. The largest absolute Gasteiger partial charge is 0.465 e. The molecule has 2 rings (SSSR count). The van der Waals surface area contributed by atoms with Gasteiger partial charge in [0, 0.05) is 24.6 Å². The van der Waals surface area contributed by atoms with Crippen molar-refractivity contribution in [1.29, 1.82) is 0 Å². The Morgan fingerprint density at radius 2 is 1.40 bits per heavy atom. The molecule has 0 saturated heterocycles. The van der Waals surface area contributed by atoms with Crippen LogP contribution in [0.2, 0.25) is 0 Å². The summed E-state index contributed by atoms with van der Waals surface area (Å²) in [6.07, 6.45) is 11.2. The summed E-state index contributed by atoms with van der Waals surface area (Å²) in [4.78, 5) is 45.2. The van der Waals surface area contributed by atoms with Crippen molar-refractivity contribution in [2.75, 3.05) is 13.4 Å². The fourth-order valence-corrected chi connectivity index (χ4v) is 4.94. The first kappa shape index (κ1) is 28.5. The molecule has 35 heavy (non-hydrogen) atoms. The fourth-order valence-electron chi connectivity index (χ4n) is 4.94. The quantitative estimate of drug-likeness (QED) is 0.149. The van der Waals surface area contributed by atoms with E-state index in [0.717, 1.165) is 57.4 Å². The van der Waals surface area contributed by atoms with Gasteiger partial charge in [-0.05, 0) is 88.9 Å². The number of hydrogen-bond acceptors (Lipinski definition) is 7. The van der Waals surface area contributed by atoms with Gasteiger partial charge in [-0.1, -0.05) is 6.58 Å². The van der Waals surface area contributed by atoms with Crippen LogP contribution >= 0.6 is 0 Å². The van der Waals surface area contributed by atoms with Crippen LogP contribution in [-0.2, 0) is 23.8 Å².